The molecule has 0 aliphatic carbocycles. The van der Waals surface area contributed by atoms with Crippen LogP contribution in [0.2, 0.25) is 0 Å². The molecule has 0 saturated carbocycles. The van der Waals surface area contributed by atoms with Crippen LogP contribution in [0.5, 0.6) is 17.2 Å². The maximum Gasteiger partial charge on any atom is 0.271 e. The summed E-state index contributed by atoms with van der Waals surface area (Å²) in [7, 11) is 1.53. The summed E-state index contributed by atoms with van der Waals surface area (Å²) in [4.78, 5) is 58.9. The van der Waals surface area contributed by atoms with Crippen LogP contribution in [0.15, 0.2) is 83.2 Å². The van der Waals surface area contributed by atoms with Crippen LogP contribution in [0.25, 0.3) is 21.3 Å². The van der Waals surface area contributed by atoms with Crippen molar-refractivity contribution in [3.8, 4) is 28.4 Å². The van der Waals surface area contributed by atoms with Crippen molar-refractivity contribution in [3.05, 3.63) is 106 Å². The summed E-state index contributed by atoms with van der Waals surface area (Å²) in [5.74, 6) is -0.568. The number of benzene rings is 3. The highest BCUT2D eigenvalue weighted by molar-refractivity contribution is 7.17. The zero-order valence-electron chi connectivity index (χ0n) is 26.9. The number of rotatable bonds is 3. The molecule has 4 heterocycles. The molecule has 2 atom stereocenters. The Hall–Kier alpha value is -5.76. The Bertz CT molecular complexity index is 2170. The van der Waals surface area contributed by atoms with Gasteiger partial charge in [-0.15, -0.1) is 11.3 Å². The number of nitrogens with zero attached hydrogens (tertiary/aromatic N) is 3. The minimum absolute atomic E-state index is 0.0258. The van der Waals surface area contributed by atoms with E-state index in [4.69, 9.17) is 14.2 Å². The number of aromatic nitrogens is 2. The lowest BCUT2D eigenvalue weighted by molar-refractivity contribution is -0.134. The summed E-state index contributed by atoms with van der Waals surface area (Å²) in [5, 5.41) is 7.56. The zero-order valence-corrected chi connectivity index (χ0v) is 27.7. The lowest BCUT2D eigenvalue weighted by Crippen LogP contribution is -2.58. The van der Waals surface area contributed by atoms with Crippen LogP contribution in [0.3, 0.4) is 0 Å². The number of carbonyl (C=O) groups is 3. The number of amides is 3. The van der Waals surface area contributed by atoms with Crippen molar-refractivity contribution in [1.29, 1.82) is 0 Å². The van der Waals surface area contributed by atoms with E-state index in [1.807, 2.05) is 6.07 Å². The second kappa shape index (κ2) is 14.0. The van der Waals surface area contributed by atoms with Crippen molar-refractivity contribution >= 4 is 39.3 Å². The van der Waals surface area contributed by atoms with Gasteiger partial charge in [-0.2, -0.15) is 0 Å². The molecule has 14 heteroatoms. The van der Waals surface area contributed by atoms with E-state index >= 15 is 0 Å². The van der Waals surface area contributed by atoms with E-state index in [0.717, 1.165) is 0 Å². The maximum absolute atomic E-state index is 14.8. The second-order valence-electron chi connectivity index (χ2n) is 12.0. The highest BCUT2D eigenvalue weighted by Gasteiger charge is 2.35. The topological polar surface area (TPSA) is 141 Å². The smallest absolute Gasteiger partial charge is 0.271 e. The number of thiophene rings is 1. The number of ether oxygens (including phenoxy) is 3. The Morgan fingerprint density at radius 1 is 1.06 bits per heavy atom. The number of halogens is 1. The highest BCUT2D eigenvalue weighted by atomic mass is 32.1. The van der Waals surface area contributed by atoms with E-state index in [9.17, 15) is 23.6 Å². The molecule has 3 amide bonds. The van der Waals surface area contributed by atoms with Crippen LogP contribution < -0.4 is 30.4 Å². The minimum atomic E-state index is -0.717. The molecule has 2 N–H and O–H groups in total. The lowest BCUT2D eigenvalue weighted by Gasteiger charge is -2.39. The number of likely N-dealkylation sites (tertiary alicyclic amines) is 1. The van der Waals surface area contributed by atoms with E-state index in [2.05, 4.69) is 15.6 Å². The molecule has 2 aromatic heterocycles. The molecular formula is C36H32FN5O7S. The van der Waals surface area contributed by atoms with Gasteiger partial charge in [-0.3, -0.25) is 23.7 Å². The Labute approximate surface area is 289 Å². The van der Waals surface area contributed by atoms with Crippen molar-refractivity contribution in [1.82, 2.24) is 25.1 Å². The molecular weight excluding hydrogens is 665 g/mol. The molecule has 5 aromatic rings. The first-order chi connectivity index (χ1) is 24.2. The van der Waals surface area contributed by atoms with Crippen molar-refractivity contribution < 1.29 is 33.0 Å². The normalized spacial score (nSPS) is 17.9. The minimum Gasteiger partial charge on any atom is -0.496 e. The van der Waals surface area contributed by atoms with Gasteiger partial charge in [0.2, 0.25) is 5.91 Å². The fraction of sp³-hybridized carbons (Fsp3) is 0.250. The molecule has 7 rings (SSSR count). The van der Waals surface area contributed by atoms with E-state index in [0.29, 0.717) is 50.4 Å². The van der Waals surface area contributed by atoms with Gasteiger partial charge in [0, 0.05) is 43.2 Å². The third-order valence-electron chi connectivity index (χ3n) is 8.64. The summed E-state index contributed by atoms with van der Waals surface area (Å²) in [5.41, 5.74) is 2.37. The van der Waals surface area contributed by atoms with Gasteiger partial charge in [-0.25, -0.2) is 9.37 Å². The van der Waals surface area contributed by atoms with E-state index in [1.54, 1.807) is 58.8 Å². The molecule has 12 nitrogen and oxygen atoms in total. The summed E-state index contributed by atoms with van der Waals surface area (Å²) >= 11 is 1.26. The molecule has 6 bridgehead atoms. The van der Waals surface area contributed by atoms with Gasteiger partial charge >= 0.3 is 0 Å². The van der Waals surface area contributed by atoms with Crippen LogP contribution in [-0.2, 0) is 22.7 Å². The van der Waals surface area contributed by atoms with Crippen molar-refractivity contribution in [3.63, 3.8) is 0 Å². The average Bonchev–Trinajstić information content (AvgIpc) is 3.61. The third kappa shape index (κ3) is 7.01. The highest BCUT2D eigenvalue weighted by Crippen LogP contribution is 2.33. The van der Waals surface area contributed by atoms with Gasteiger partial charge in [0.1, 0.15) is 40.4 Å². The van der Waals surface area contributed by atoms with Crippen LogP contribution in [0.1, 0.15) is 22.3 Å². The molecule has 50 heavy (non-hydrogen) atoms. The predicted molar refractivity (Wildman–Crippen MR) is 183 cm³/mol. The van der Waals surface area contributed by atoms with Gasteiger partial charge in [0.15, 0.2) is 6.61 Å². The van der Waals surface area contributed by atoms with Gasteiger partial charge in [-0.1, -0.05) is 12.1 Å². The first kappa shape index (κ1) is 32.8. The molecule has 256 valence electrons. The zero-order chi connectivity index (χ0) is 34.8. The summed E-state index contributed by atoms with van der Waals surface area (Å²) in [6.07, 6.45) is 1.01. The maximum atomic E-state index is 14.8. The number of methoxy groups -OCH3 is 1. The standard InChI is InChI=1S/C36H32FN5O7S/c1-47-30-6-5-23-14-27(30)22-3-2-4-25(13-22)48-19-32(43)38-16-21-11-24(37)15-26(12-21)49-31-7-9-41(17-29(31)40-35(23)45)33(44)18-42-20-39-28-8-10-50-34(28)36(42)46/h2-6,8,10-15,20,29,31H,7,9,16-19H2,1H3,(H,38,43)(H,40,45)/t29-,31-/m1/s1. The van der Waals surface area contributed by atoms with Crippen molar-refractivity contribution in [2.24, 2.45) is 0 Å². The molecule has 0 spiro atoms. The largest absolute Gasteiger partial charge is 0.496 e. The summed E-state index contributed by atoms with van der Waals surface area (Å²) in [6, 6.07) is 17.2. The van der Waals surface area contributed by atoms with Crippen LogP contribution in [-0.4, -0.2) is 71.1 Å². The van der Waals surface area contributed by atoms with Gasteiger partial charge in [0.25, 0.3) is 17.4 Å². The second-order valence-corrected chi connectivity index (χ2v) is 12.9. The van der Waals surface area contributed by atoms with Crippen LogP contribution in [0, 0.1) is 5.82 Å². The monoisotopic (exact) mass is 697 g/mol. The van der Waals surface area contributed by atoms with Gasteiger partial charge < -0.3 is 29.7 Å². The third-order valence-corrected chi connectivity index (χ3v) is 9.54. The fourth-order valence-electron chi connectivity index (χ4n) is 6.12. The van der Waals surface area contributed by atoms with Crippen molar-refractivity contribution in [2.75, 3.05) is 26.8 Å². The average molecular weight is 698 g/mol. The molecule has 3 aromatic carbocycles. The molecule has 2 aliphatic heterocycles. The van der Waals surface area contributed by atoms with Crippen LogP contribution >= 0.6 is 11.3 Å². The quantitative estimate of drug-likeness (QED) is 0.291. The molecule has 1 saturated heterocycles. The Morgan fingerprint density at radius 2 is 1.94 bits per heavy atom. The van der Waals surface area contributed by atoms with Crippen molar-refractivity contribution in [2.45, 2.75) is 31.7 Å². The number of hydrogen-bond acceptors (Lipinski definition) is 9. The van der Waals surface area contributed by atoms with Gasteiger partial charge in [0.05, 0.1) is 25.0 Å². The molecule has 0 radical (unpaired) electrons. The first-order valence-electron chi connectivity index (χ1n) is 15.9. The number of piperidine rings is 1. The molecule has 0 unspecified atom stereocenters. The Morgan fingerprint density at radius 3 is 2.80 bits per heavy atom. The SMILES string of the molecule is COc1ccc2cc1-c1cccc(c1)OCC(=O)NCc1cc(F)cc(c1)O[C@@H]1CCN(C(=O)Cn3cnc4ccsc4c3=O)C[C@H]1NC2=O. The number of carbonyl (C=O) groups excluding carboxylic acids is 3. The number of nitrogens with one attached hydrogen (secondary N) is 2. The predicted octanol–water partition coefficient (Wildman–Crippen LogP) is 3.76. The van der Waals surface area contributed by atoms with E-state index in [-0.39, 0.29) is 50.0 Å². The Kier molecular flexibility index (Phi) is 9.17. The molecule has 1 fully saturated rings. The summed E-state index contributed by atoms with van der Waals surface area (Å²) < 4.78 is 34.1. The van der Waals surface area contributed by atoms with E-state index < -0.39 is 29.8 Å². The lowest BCUT2D eigenvalue weighted by atomic mass is 9.99. The molecule has 2 aliphatic rings. The van der Waals surface area contributed by atoms with E-state index in [1.165, 1.54) is 41.5 Å². The Balaban J connectivity index is 1.21. The first-order valence-corrected chi connectivity index (χ1v) is 16.8. The number of hydrogen-bond donors (Lipinski definition) is 2. The fourth-order valence-corrected chi connectivity index (χ4v) is 6.91. The summed E-state index contributed by atoms with van der Waals surface area (Å²) in [6.45, 7) is -0.137. The number of fused-ring (bicyclic) bond motifs is 9. The van der Waals surface area contributed by atoms with Crippen LogP contribution in [0.4, 0.5) is 4.39 Å². The van der Waals surface area contributed by atoms with Gasteiger partial charge in [-0.05, 0) is 65.0 Å².